The molecule has 4 nitrogen and oxygen atoms in total. The molecule has 1 aromatic rings. The van der Waals surface area contributed by atoms with Crippen molar-refractivity contribution in [2.45, 2.75) is 19.9 Å². The maximum atomic E-state index is 10.7. The van der Waals surface area contributed by atoms with Crippen LogP contribution in [0, 0.1) is 6.20 Å². The lowest BCUT2D eigenvalue weighted by molar-refractivity contribution is -0.119. The first-order chi connectivity index (χ1) is 5.61. The molecule has 4 heteroatoms. The third-order valence-corrected chi connectivity index (χ3v) is 1.60. The highest BCUT2D eigenvalue weighted by molar-refractivity contribution is 5.73. The fourth-order valence-electron chi connectivity index (χ4n) is 1.10. The predicted octanol–water partition coefficient (Wildman–Crippen LogP) is 0.417. The number of hydrogen-bond donors (Lipinski definition) is 1. The summed E-state index contributed by atoms with van der Waals surface area (Å²) in [5.74, 6) is 0.760. The second kappa shape index (κ2) is 3.38. The summed E-state index contributed by atoms with van der Waals surface area (Å²) in [5.41, 5.74) is 0. The number of nitrogens with zero attached hydrogens (tertiary/aromatic N) is 2. The van der Waals surface area contributed by atoms with Crippen molar-refractivity contribution in [1.82, 2.24) is 14.9 Å². The van der Waals surface area contributed by atoms with Crippen molar-refractivity contribution < 1.29 is 4.79 Å². The number of amides is 1. The SMILES string of the molecule is CC(=O)NC(C)c1n[c]cn1C. The van der Waals surface area contributed by atoms with E-state index in [0.29, 0.717) is 0 Å². The Bertz CT molecular complexity index is 280. The minimum absolute atomic E-state index is 0.0505. The van der Waals surface area contributed by atoms with Gasteiger partial charge in [-0.2, -0.15) is 0 Å². The molecule has 0 saturated carbocycles. The van der Waals surface area contributed by atoms with Crippen LogP contribution >= 0.6 is 0 Å². The molecule has 1 rings (SSSR count). The van der Waals surface area contributed by atoms with Gasteiger partial charge in [-0.25, -0.2) is 4.98 Å². The van der Waals surface area contributed by atoms with Crippen LogP contribution in [-0.4, -0.2) is 15.5 Å². The first-order valence-electron chi connectivity index (χ1n) is 3.77. The van der Waals surface area contributed by atoms with E-state index in [9.17, 15) is 4.79 Å². The molecule has 0 aliphatic heterocycles. The highest BCUT2D eigenvalue weighted by Crippen LogP contribution is 2.06. The van der Waals surface area contributed by atoms with Crippen LogP contribution in [0.1, 0.15) is 25.7 Å². The summed E-state index contributed by atoms with van der Waals surface area (Å²) in [6.07, 6.45) is 4.44. The second-order valence-electron chi connectivity index (χ2n) is 2.76. The van der Waals surface area contributed by atoms with Gasteiger partial charge < -0.3 is 9.88 Å². The van der Waals surface area contributed by atoms with Crippen molar-refractivity contribution in [1.29, 1.82) is 0 Å². The molecular formula is C8H12N3O. The molecule has 1 atom stereocenters. The number of aryl methyl sites for hydroxylation is 1. The molecule has 0 spiro atoms. The Kier molecular flexibility index (Phi) is 2.47. The van der Waals surface area contributed by atoms with Gasteiger partial charge in [0.05, 0.1) is 6.04 Å². The summed E-state index contributed by atoms with van der Waals surface area (Å²) in [4.78, 5) is 14.7. The molecule has 0 aliphatic rings. The Balaban J connectivity index is 2.71. The summed E-state index contributed by atoms with van der Waals surface area (Å²) < 4.78 is 1.83. The van der Waals surface area contributed by atoms with Crippen LogP contribution in [0.5, 0.6) is 0 Å². The number of carbonyl (C=O) groups is 1. The molecule has 0 fully saturated rings. The first kappa shape index (κ1) is 8.77. The van der Waals surface area contributed by atoms with Crippen LogP contribution in [0.25, 0.3) is 0 Å². The molecule has 0 aromatic carbocycles. The fourth-order valence-corrected chi connectivity index (χ4v) is 1.10. The molecule has 1 N–H and O–H groups in total. The maximum absolute atomic E-state index is 10.7. The van der Waals surface area contributed by atoms with Crippen LogP contribution < -0.4 is 5.32 Å². The Morgan fingerprint density at radius 2 is 2.50 bits per heavy atom. The van der Waals surface area contributed by atoms with Crippen molar-refractivity contribution in [2.75, 3.05) is 0 Å². The summed E-state index contributed by atoms with van der Waals surface area (Å²) in [6.45, 7) is 3.38. The van der Waals surface area contributed by atoms with Gasteiger partial charge in [-0.3, -0.25) is 4.79 Å². The van der Waals surface area contributed by atoms with E-state index in [1.807, 2.05) is 18.5 Å². The molecule has 0 aliphatic carbocycles. The number of imidazole rings is 1. The van der Waals surface area contributed by atoms with Gasteiger partial charge in [-0.15, -0.1) is 0 Å². The zero-order valence-corrected chi connectivity index (χ0v) is 7.46. The van der Waals surface area contributed by atoms with Crippen molar-refractivity contribution in [2.24, 2.45) is 7.05 Å². The van der Waals surface area contributed by atoms with Crippen LogP contribution in [0.2, 0.25) is 0 Å². The van der Waals surface area contributed by atoms with Gasteiger partial charge in [0.2, 0.25) is 5.91 Å². The minimum Gasteiger partial charge on any atom is -0.347 e. The fraction of sp³-hybridized carbons (Fsp3) is 0.500. The normalized spacial score (nSPS) is 12.6. The van der Waals surface area contributed by atoms with Crippen LogP contribution in [0.4, 0.5) is 0 Å². The quantitative estimate of drug-likeness (QED) is 0.692. The smallest absolute Gasteiger partial charge is 0.217 e. The Hall–Kier alpha value is -1.32. The molecule has 0 bridgehead atoms. The minimum atomic E-state index is -0.0567. The van der Waals surface area contributed by atoms with Gasteiger partial charge >= 0.3 is 0 Å². The molecule has 1 heterocycles. The first-order valence-corrected chi connectivity index (χ1v) is 3.77. The number of aromatic nitrogens is 2. The third-order valence-electron chi connectivity index (χ3n) is 1.60. The van der Waals surface area contributed by atoms with Crippen molar-refractivity contribution in [3.63, 3.8) is 0 Å². The zero-order chi connectivity index (χ0) is 9.14. The lowest BCUT2D eigenvalue weighted by atomic mass is 10.3. The molecule has 1 amide bonds. The summed E-state index contributed by atoms with van der Waals surface area (Å²) in [7, 11) is 1.87. The van der Waals surface area contributed by atoms with Crippen LogP contribution in [0.15, 0.2) is 6.20 Å². The highest BCUT2D eigenvalue weighted by atomic mass is 16.1. The monoisotopic (exact) mass is 166 g/mol. The number of rotatable bonds is 2. The Labute approximate surface area is 71.6 Å². The molecule has 65 valence electrons. The van der Waals surface area contributed by atoms with Crippen LogP contribution in [0.3, 0.4) is 0 Å². The molecule has 1 unspecified atom stereocenters. The maximum Gasteiger partial charge on any atom is 0.217 e. The van der Waals surface area contributed by atoms with E-state index in [2.05, 4.69) is 16.5 Å². The Morgan fingerprint density at radius 1 is 1.83 bits per heavy atom. The van der Waals surface area contributed by atoms with Gasteiger partial charge in [0.15, 0.2) is 0 Å². The van der Waals surface area contributed by atoms with E-state index in [0.717, 1.165) is 5.82 Å². The van der Waals surface area contributed by atoms with Gasteiger partial charge in [-0.05, 0) is 6.92 Å². The Morgan fingerprint density at radius 3 is 2.92 bits per heavy atom. The molecule has 1 aromatic heterocycles. The molecule has 12 heavy (non-hydrogen) atoms. The second-order valence-corrected chi connectivity index (χ2v) is 2.76. The van der Waals surface area contributed by atoms with Crippen molar-refractivity contribution >= 4 is 5.91 Å². The van der Waals surface area contributed by atoms with E-state index in [1.54, 1.807) is 6.20 Å². The lowest BCUT2D eigenvalue weighted by Gasteiger charge is -2.11. The van der Waals surface area contributed by atoms with E-state index in [4.69, 9.17) is 0 Å². The number of carbonyl (C=O) groups excluding carboxylic acids is 1. The standard InChI is InChI=1S/C8H12N3O/c1-6(10-7(2)12)8-9-4-5-11(8)3/h5-6H,1-3H3,(H,10,12). The van der Waals surface area contributed by atoms with Crippen molar-refractivity contribution in [3.8, 4) is 0 Å². The van der Waals surface area contributed by atoms with Gasteiger partial charge in [0.25, 0.3) is 0 Å². The number of hydrogen-bond acceptors (Lipinski definition) is 2. The topological polar surface area (TPSA) is 46.9 Å². The van der Waals surface area contributed by atoms with Crippen molar-refractivity contribution in [3.05, 3.63) is 18.2 Å². The summed E-state index contributed by atoms with van der Waals surface area (Å²) >= 11 is 0. The number of nitrogens with one attached hydrogen (secondary N) is 1. The van der Waals surface area contributed by atoms with E-state index in [1.165, 1.54) is 6.92 Å². The van der Waals surface area contributed by atoms with Gasteiger partial charge in [0, 0.05) is 20.2 Å². The van der Waals surface area contributed by atoms with Crippen LogP contribution in [-0.2, 0) is 11.8 Å². The van der Waals surface area contributed by atoms with E-state index in [-0.39, 0.29) is 11.9 Å². The largest absolute Gasteiger partial charge is 0.347 e. The zero-order valence-electron chi connectivity index (χ0n) is 7.46. The summed E-state index contributed by atoms with van der Waals surface area (Å²) in [6, 6.07) is -0.0567. The molecule has 0 saturated heterocycles. The highest BCUT2D eigenvalue weighted by Gasteiger charge is 2.10. The summed E-state index contributed by atoms with van der Waals surface area (Å²) in [5, 5.41) is 2.74. The lowest BCUT2D eigenvalue weighted by Crippen LogP contribution is -2.25. The third kappa shape index (κ3) is 1.84. The molecular weight excluding hydrogens is 154 g/mol. The van der Waals surface area contributed by atoms with Gasteiger partial charge in [-0.1, -0.05) is 0 Å². The predicted molar refractivity (Wildman–Crippen MR) is 44.3 cm³/mol. The van der Waals surface area contributed by atoms with E-state index < -0.39 is 0 Å². The molecule has 1 radical (unpaired) electrons. The average molecular weight is 166 g/mol. The van der Waals surface area contributed by atoms with E-state index >= 15 is 0 Å². The average Bonchev–Trinajstić information content (AvgIpc) is 2.33. The van der Waals surface area contributed by atoms with Gasteiger partial charge in [0.1, 0.15) is 12.0 Å².